The fraction of sp³-hybridized carbons (Fsp3) is 0.455. The Bertz CT molecular complexity index is 453. The summed E-state index contributed by atoms with van der Waals surface area (Å²) in [6, 6.07) is 6.35. The molecule has 17 heavy (non-hydrogen) atoms. The first-order chi connectivity index (χ1) is 7.83. The summed E-state index contributed by atoms with van der Waals surface area (Å²) in [7, 11) is -3.79. The molecule has 0 radical (unpaired) electrons. The Morgan fingerprint density at radius 3 is 2.35 bits per heavy atom. The van der Waals surface area contributed by atoms with Gasteiger partial charge < -0.3 is 5.11 Å². The number of halogens is 1. The molecule has 0 spiro atoms. The van der Waals surface area contributed by atoms with E-state index >= 15 is 0 Å². The van der Waals surface area contributed by atoms with Gasteiger partial charge in [-0.1, -0.05) is 40.5 Å². The topological polar surface area (TPSA) is 63.6 Å². The lowest BCUT2D eigenvalue weighted by atomic mass is 10.2. The highest BCUT2D eigenvalue weighted by molar-refractivity contribution is 9.09. The Hall–Kier alpha value is -0.430. The molecule has 0 amide bonds. The number of rotatable bonds is 5. The molecule has 0 unspecified atom stereocenters. The summed E-state index contributed by atoms with van der Waals surface area (Å²) in [5, 5.41) is 9.44. The van der Waals surface area contributed by atoms with Gasteiger partial charge in [0.05, 0.1) is 17.6 Å². The molecule has 6 heteroatoms. The second-order valence-corrected chi connectivity index (χ2v) is 6.86. The lowest BCUT2D eigenvalue weighted by Gasteiger charge is -2.13. The summed E-state index contributed by atoms with van der Waals surface area (Å²) in [5.41, 5.74) is 0.970. The van der Waals surface area contributed by atoms with E-state index in [0.717, 1.165) is 5.56 Å². The molecular formula is C11H15BrO4S. The lowest BCUT2D eigenvalue weighted by Crippen LogP contribution is -2.25. The van der Waals surface area contributed by atoms with Crippen molar-refractivity contribution in [2.45, 2.75) is 29.7 Å². The molecule has 0 aliphatic heterocycles. The summed E-state index contributed by atoms with van der Waals surface area (Å²) in [5.74, 6) is 0. The normalized spacial score (nSPS) is 15.5. The van der Waals surface area contributed by atoms with Crippen molar-refractivity contribution in [1.82, 2.24) is 0 Å². The first-order valence-corrected chi connectivity index (χ1v) is 7.43. The third kappa shape index (κ3) is 4.39. The number of hydrogen-bond acceptors (Lipinski definition) is 4. The van der Waals surface area contributed by atoms with Crippen LogP contribution >= 0.6 is 15.9 Å². The molecule has 4 nitrogen and oxygen atoms in total. The first-order valence-electron chi connectivity index (χ1n) is 5.11. The van der Waals surface area contributed by atoms with E-state index in [1.165, 1.54) is 12.1 Å². The van der Waals surface area contributed by atoms with E-state index in [1.54, 1.807) is 19.1 Å². The van der Waals surface area contributed by atoms with Gasteiger partial charge in [0.1, 0.15) is 0 Å². The van der Waals surface area contributed by atoms with Crippen LogP contribution in [-0.2, 0) is 14.3 Å². The highest BCUT2D eigenvalue weighted by atomic mass is 79.9. The highest BCUT2D eigenvalue weighted by Crippen LogP contribution is 2.14. The van der Waals surface area contributed by atoms with Crippen molar-refractivity contribution >= 4 is 26.0 Å². The molecule has 96 valence electrons. The minimum absolute atomic E-state index is 0.0949. The van der Waals surface area contributed by atoms with Crippen LogP contribution in [0, 0.1) is 6.92 Å². The summed E-state index contributed by atoms with van der Waals surface area (Å²) in [4.78, 5) is -0.131. The Balaban J connectivity index is 2.72. The van der Waals surface area contributed by atoms with Gasteiger partial charge >= 0.3 is 0 Å². The highest BCUT2D eigenvalue weighted by Gasteiger charge is 2.19. The van der Waals surface area contributed by atoms with Gasteiger partial charge in [0.15, 0.2) is 0 Å². The van der Waals surface area contributed by atoms with Gasteiger partial charge in [-0.2, -0.15) is 8.42 Å². The molecule has 2 atom stereocenters. The Kier molecular flexibility index (Phi) is 5.12. The zero-order valence-electron chi connectivity index (χ0n) is 9.63. The molecule has 1 rings (SSSR count). The van der Waals surface area contributed by atoms with Crippen molar-refractivity contribution < 1.29 is 17.7 Å². The maximum atomic E-state index is 11.7. The van der Waals surface area contributed by atoms with E-state index in [4.69, 9.17) is 4.18 Å². The molecule has 0 saturated carbocycles. The van der Waals surface area contributed by atoms with E-state index in [-0.39, 0.29) is 16.3 Å². The van der Waals surface area contributed by atoms with Crippen molar-refractivity contribution in [1.29, 1.82) is 0 Å². The van der Waals surface area contributed by atoms with Gasteiger partial charge in [-0.3, -0.25) is 4.18 Å². The number of hydrogen-bond donors (Lipinski definition) is 1. The quantitative estimate of drug-likeness (QED) is 0.663. The predicted octanol–water partition coefficient (Wildman–Crippen LogP) is 1.84. The van der Waals surface area contributed by atoms with Crippen LogP contribution in [0.25, 0.3) is 0 Å². The van der Waals surface area contributed by atoms with Crippen LogP contribution in [0.3, 0.4) is 0 Å². The number of alkyl halides is 1. The fourth-order valence-electron chi connectivity index (χ4n) is 1.06. The zero-order valence-corrected chi connectivity index (χ0v) is 12.0. The summed E-state index contributed by atoms with van der Waals surface area (Å²) < 4.78 is 28.2. The minimum Gasteiger partial charge on any atom is -0.390 e. The fourth-order valence-corrected chi connectivity index (χ4v) is 2.14. The molecule has 0 bridgehead atoms. The van der Waals surface area contributed by atoms with E-state index in [0.29, 0.717) is 0 Å². The number of aliphatic hydroxyl groups excluding tert-OH is 1. The molecule has 0 aliphatic carbocycles. The van der Waals surface area contributed by atoms with E-state index in [2.05, 4.69) is 15.9 Å². The first kappa shape index (κ1) is 14.6. The second kappa shape index (κ2) is 5.95. The molecule has 1 aromatic rings. The standard InChI is InChI=1S/C11H15BrO4S/c1-8-3-5-10(6-4-8)17(14,15)16-7-11(13)9(2)12/h3-6,9,11,13H,7H2,1-2H3/t9-,11+/m0/s1. The monoisotopic (exact) mass is 322 g/mol. The number of aryl methyl sites for hydroxylation is 1. The summed E-state index contributed by atoms with van der Waals surface area (Å²) >= 11 is 3.15. The van der Waals surface area contributed by atoms with Gasteiger partial charge in [-0.15, -0.1) is 0 Å². The van der Waals surface area contributed by atoms with Crippen LogP contribution in [-0.4, -0.2) is 31.1 Å². The Labute approximate surface area is 110 Å². The number of benzene rings is 1. The SMILES string of the molecule is Cc1ccc(S(=O)(=O)OC[C@@H](O)[C@H](C)Br)cc1. The van der Waals surface area contributed by atoms with Crippen LogP contribution in [0.15, 0.2) is 29.2 Å². The van der Waals surface area contributed by atoms with Crippen molar-refractivity contribution in [3.63, 3.8) is 0 Å². The van der Waals surface area contributed by atoms with Crippen LogP contribution in [0.2, 0.25) is 0 Å². The van der Waals surface area contributed by atoms with Crippen LogP contribution in [0.4, 0.5) is 0 Å². The van der Waals surface area contributed by atoms with Gasteiger partial charge in [0, 0.05) is 4.83 Å². The van der Waals surface area contributed by atoms with Gasteiger partial charge in [0.25, 0.3) is 10.1 Å². The van der Waals surface area contributed by atoms with E-state index < -0.39 is 16.2 Å². The smallest absolute Gasteiger partial charge is 0.297 e. The molecule has 0 heterocycles. The number of aliphatic hydroxyl groups is 1. The maximum absolute atomic E-state index is 11.7. The van der Waals surface area contributed by atoms with Crippen molar-refractivity contribution in [3.8, 4) is 0 Å². The molecule has 0 aliphatic rings. The van der Waals surface area contributed by atoms with Gasteiger partial charge in [-0.05, 0) is 19.1 Å². The Morgan fingerprint density at radius 1 is 1.35 bits per heavy atom. The molecule has 1 N–H and O–H groups in total. The Morgan fingerprint density at radius 2 is 1.88 bits per heavy atom. The minimum atomic E-state index is -3.79. The van der Waals surface area contributed by atoms with Crippen LogP contribution in [0.1, 0.15) is 12.5 Å². The van der Waals surface area contributed by atoms with E-state index in [1.807, 2.05) is 6.92 Å². The summed E-state index contributed by atoms with van der Waals surface area (Å²) in [6.07, 6.45) is -0.866. The third-order valence-corrected chi connectivity index (χ3v) is 4.14. The zero-order chi connectivity index (χ0) is 13.1. The predicted molar refractivity (Wildman–Crippen MR) is 68.7 cm³/mol. The second-order valence-electron chi connectivity index (χ2n) is 3.80. The largest absolute Gasteiger partial charge is 0.390 e. The molecule has 0 fully saturated rings. The van der Waals surface area contributed by atoms with Gasteiger partial charge in [0.2, 0.25) is 0 Å². The summed E-state index contributed by atoms with van der Waals surface area (Å²) in [6.45, 7) is 3.32. The molecule has 1 aromatic carbocycles. The average molecular weight is 323 g/mol. The molecular weight excluding hydrogens is 308 g/mol. The van der Waals surface area contributed by atoms with Gasteiger partial charge in [-0.25, -0.2) is 0 Å². The van der Waals surface area contributed by atoms with Crippen molar-refractivity contribution in [3.05, 3.63) is 29.8 Å². The van der Waals surface area contributed by atoms with E-state index in [9.17, 15) is 13.5 Å². The third-order valence-electron chi connectivity index (χ3n) is 2.23. The van der Waals surface area contributed by atoms with Crippen molar-refractivity contribution in [2.75, 3.05) is 6.61 Å². The maximum Gasteiger partial charge on any atom is 0.297 e. The van der Waals surface area contributed by atoms with Crippen molar-refractivity contribution in [2.24, 2.45) is 0 Å². The average Bonchev–Trinajstić information content (AvgIpc) is 2.26. The van der Waals surface area contributed by atoms with Crippen LogP contribution in [0.5, 0.6) is 0 Å². The molecule has 0 aromatic heterocycles. The lowest BCUT2D eigenvalue weighted by molar-refractivity contribution is 0.113. The van der Waals surface area contributed by atoms with Crippen LogP contribution < -0.4 is 0 Å². The molecule has 0 saturated heterocycles.